The van der Waals surface area contributed by atoms with Crippen molar-refractivity contribution in [3.05, 3.63) is 54.4 Å². The minimum atomic E-state index is -1.08. The Morgan fingerprint density at radius 1 is 1.12 bits per heavy atom. The molecule has 1 fully saturated rings. The van der Waals surface area contributed by atoms with E-state index < -0.39 is 12.7 Å². The van der Waals surface area contributed by atoms with Crippen molar-refractivity contribution < 1.29 is 19.7 Å². The van der Waals surface area contributed by atoms with Crippen LogP contribution in [0.4, 0.5) is 5.82 Å². The summed E-state index contributed by atoms with van der Waals surface area (Å²) in [5.74, 6) is 1.89. The van der Waals surface area contributed by atoms with E-state index in [2.05, 4.69) is 15.1 Å². The summed E-state index contributed by atoms with van der Waals surface area (Å²) in [6.45, 7) is 2.21. The quantitative estimate of drug-likeness (QED) is 0.467. The van der Waals surface area contributed by atoms with Crippen molar-refractivity contribution in [2.75, 3.05) is 44.9 Å². The van der Waals surface area contributed by atoms with Crippen molar-refractivity contribution in [2.24, 2.45) is 0 Å². The van der Waals surface area contributed by atoms with Crippen LogP contribution >= 0.6 is 0 Å². The molecule has 3 aromatic heterocycles. The Hall–Kier alpha value is -3.47. The summed E-state index contributed by atoms with van der Waals surface area (Å²) in [5.41, 5.74) is 2.74. The molecule has 1 atom stereocenters. The number of nitrogens with zero attached hydrogens (tertiary/aromatic N) is 6. The zero-order valence-electron chi connectivity index (χ0n) is 17.6. The van der Waals surface area contributed by atoms with Gasteiger partial charge in [0.1, 0.15) is 11.9 Å². The standard InChI is InChI=1S/C22H24N6O4/c1-31-22-16(15-5-3-2-4-6-15)13-27(25-22)19-12-21(26-7-9-32-10-8-26)28-20(23-19)11-17(24-28)18(30)14-29/h2-6,11-13,18,29-30H,7-10,14H2,1H3. The van der Waals surface area contributed by atoms with Crippen molar-refractivity contribution in [3.63, 3.8) is 0 Å². The third kappa shape index (κ3) is 3.68. The Bertz CT molecular complexity index is 1220. The summed E-state index contributed by atoms with van der Waals surface area (Å²) in [6.07, 6.45) is 0.808. The zero-order chi connectivity index (χ0) is 22.1. The monoisotopic (exact) mass is 436 g/mol. The van der Waals surface area contributed by atoms with Crippen LogP contribution in [0.25, 0.3) is 22.6 Å². The molecule has 1 unspecified atom stereocenters. The number of fused-ring (bicyclic) bond motifs is 1. The molecule has 0 bridgehead atoms. The lowest BCUT2D eigenvalue weighted by Gasteiger charge is -2.29. The molecule has 0 radical (unpaired) electrons. The number of anilines is 1. The SMILES string of the molecule is COc1nn(-c2cc(N3CCOCC3)n3nc(C(O)CO)cc3n2)cc1-c1ccccc1. The lowest BCUT2D eigenvalue weighted by molar-refractivity contribution is 0.0920. The van der Waals surface area contributed by atoms with Crippen molar-refractivity contribution >= 4 is 11.5 Å². The van der Waals surface area contributed by atoms with Gasteiger partial charge in [0.15, 0.2) is 11.5 Å². The topological polar surface area (TPSA) is 110 Å². The van der Waals surface area contributed by atoms with Gasteiger partial charge in [-0.2, -0.15) is 9.61 Å². The van der Waals surface area contributed by atoms with E-state index in [4.69, 9.17) is 14.5 Å². The summed E-state index contributed by atoms with van der Waals surface area (Å²) < 4.78 is 14.4. The van der Waals surface area contributed by atoms with Crippen LogP contribution in [0, 0.1) is 0 Å². The Kier molecular flexibility index (Phi) is 5.48. The number of aromatic nitrogens is 5. The van der Waals surface area contributed by atoms with Crippen molar-refractivity contribution in [1.82, 2.24) is 24.4 Å². The minimum absolute atomic E-state index is 0.356. The van der Waals surface area contributed by atoms with Crippen molar-refractivity contribution in [2.45, 2.75) is 6.10 Å². The molecular formula is C22H24N6O4. The molecule has 5 rings (SSSR count). The highest BCUT2D eigenvalue weighted by atomic mass is 16.5. The van der Waals surface area contributed by atoms with E-state index in [0.29, 0.717) is 49.3 Å². The number of aliphatic hydroxyl groups is 2. The summed E-state index contributed by atoms with van der Waals surface area (Å²) >= 11 is 0. The van der Waals surface area contributed by atoms with Gasteiger partial charge in [0, 0.05) is 31.4 Å². The highest BCUT2D eigenvalue weighted by molar-refractivity contribution is 5.68. The van der Waals surface area contributed by atoms with Crippen LogP contribution in [-0.4, -0.2) is 74.6 Å². The van der Waals surface area contributed by atoms with Gasteiger partial charge in [0.2, 0.25) is 5.88 Å². The molecule has 2 N–H and O–H groups in total. The molecule has 0 saturated carbocycles. The van der Waals surface area contributed by atoms with Gasteiger partial charge in [0.25, 0.3) is 0 Å². The molecule has 1 aliphatic rings. The Morgan fingerprint density at radius 2 is 1.91 bits per heavy atom. The average molecular weight is 436 g/mol. The number of rotatable bonds is 6. The first-order valence-corrected chi connectivity index (χ1v) is 10.4. The summed E-state index contributed by atoms with van der Waals surface area (Å²) in [7, 11) is 1.59. The molecular weight excluding hydrogens is 412 g/mol. The molecule has 1 saturated heterocycles. The van der Waals surface area contributed by atoms with Crippen LogP contribution < -0.4 is 9.64 Å². The van der Waals surface area contributed by atoms with Gasteiger partial charge < -0.3 is 24.6 Å². The van der Waals surface area contributed by atoms with Gasteiger partial charge in [-0.05, 0) is 5.56 Å². The molecule has 32 heavy (non-hydrogen) atoms. The molecule has 1 aromatic carbocycles. The molecule has 4 aromatic rings. The van der Waals surface area contributed by atoms with Gasteiger partial charge in [-0.3, -0.25) is 0 Å². The average Bonchev–Trinajstić information content (AvgIpc) is 3.48. The highest BCUT2D eigenvalue weighted by Gasteiger charge is 2.21. The zero-order valence-corrected chi connectivity index (χ0v) is 17.6. The molecule has 1 aliphatic heterocycles. The van der Waals surface area contributed by atoms with Crippen molar-refractivity contribution in [1.29, 1.82) is 0 Å². The van der Waals surface area contributed by atoms with Gasteiger partial charge in [-0.1, -0.05) is 30.3 Å². The van der Waals surface area contributed by atoms with Crippen LogP contribution in [-0.2, 0) is 4.74 Å². The predicted octanol–water partition coefficient (Wildman–Crippen LogP) is 1.45. The van der Waals surface area contributed by atoms with Gasteiger partial charge in [-0.15, -0.1) is 5.10 Å². The lowest BCUT2D eigenvalue weighted by atomic mass is 10.1. The number of aliphatic hydroxyl groups excluding tert-OH is 2. The van der Waals surface area contributed by atoms with E-state index in [1.54, 1.807) is 22.4 Å². The molecule has 0 aliphatic carbocycles. The maximum Gasteiger partial charge on any atom is 0.240 e. The van der Waals surface area contributed by atoms with Crippen LogP contribution in [0.3, 0.4) is 0 Å². The van der Waals surface area contributed by atoms with E-state index in [1.165, 1.54) is 0 Å². The fourth-order valence-electron chi connectivity index (χ4n) is 3.80. The third-order valence-electron chi connectivity index (χ3n) is 5.46. The molecule has 4 heterocycles. The van der Waals surface area contributed by atoms with Crippen LogP contribution in [0.1, 0.15) is 11.8 Å². The number of ether oxygens (including phenoxy) is 2. The van der Waals surface area contributed by atoms with E-state index in [1.807, 2.05) is 42.6 Å². The number of morpholine rings is 1. The lowest BCUT2D eigenvalue weighted by Crippen LogP contribution is -2.37. The molecule has 166 valence electrons. The summed E-state index contributed by atoms with van der Waals surface area (Å²) in [4.78, 5) is 6.87. The molecule has 0 amide bonds. The van der Waals surface area contributed by atoms with E-state index in [0.717, 1.165) is 16.9 Å². The summed E-state index contributed by atoms with van der Waals surface area (Å²) in [5, 5.41) is 28.5. The highest BCUT2D eigenvalue weighted by Crippen LogP contribution is 2.30. The predicted molar refractivity (Wildman–Crippen MR) is 117 cm³/mol. The van der Waals surface area contributed by atoms with E-state index >= 15 is 0 Å². The first kappa shape index (κ1) is 20.4. The maximum absolute atomic E-state index is 10.1. The van der Waals surface area contributed by atoms with E-state index in [-0.39, 0.29) is 0 Å². The van der Waals surface area contributed by atoms with Crippen LogP contribution in [0.5, 0.6) is 5.88 Å². The molecule has 0 spiro atoms. The van der Waals surface area contributed by atoms with Gasteiger partial charge >= 0.3 is 0 Å². The van der Waals surface area contributed by atoms with Gasteiger partial charge in [0.05, 0.1) is 38.2 Å². The second-order valence-electron chi connectivity index (χ2n) is 7.47. The summed E-state index contributed by atoms with van der Waals surface area (Å²) in [6, 6.07) is 13.5. The molecule has 10 nitrogen and oxygen atoms in total. The fraction of sp³-hybridized carbons (Fsp3) is 0.318. The second kappa shape index (κ2) is 8.58. The Morgan fingerprint density at radius 3 is 2.62 bits per heavy atom. The van der Waals surface area contributed by atoms with Crippen LogP contribution in [0.2, 0.25) is 0 Å². The normalized spacial score (nSPS) is 15.3. The number of hydrogen-bond donors (Lipinski definition) is 2. The van der Waals surface area contributed by atoms with Crippen LogP contribution in [0.15, 0.2) is 48.7 Å². The largest absolute Gasteiger partial charge is 0.479 e. The van der Waals surface area contributed by atoms with Crippen molar-refractivity contribution in [3.8, 4) is 22.8 Å². The first-order chi connectivity index (χ1) is 15.7. The second-order valence-corrected chi connectivity index (χ2v) is 7.47. The maximum atomic E-state index is 10.1. The van der Waals surface area contributed by atoms with Gasteiger partial charge in [-0.25, -0.2) is 9.67 Å². The molecule has 10 heteroatoms. The van der Waals surface area contributed by atoms with E-state index in [9.17, 15) is 10.2 Å². The fourth-order valence-corrected chi connectivity index (χ4v) is 3.80. The minimum Gasteiger partial charge on any atom is -0.479 e. The Labute approximate surface area is 184 Å². The number of hydrogen-bond acceptors (Lipinski definition) is 8. The number of methoxy groups -OCH3 is 1. The number of benzene rings is 1. The smallest absolute Gasteiger partial charge is 0.240 e. The Balaban J connectivity index is 1.65. The third-order valence-corrected chi connectivity index (χ3v) is 5.46. The first-order valence-electron chi connectivity index (χ1n) is 10.4.